The maximum absolute atomic E-state index is 12.6. The van der Waals surface area contributed by atoms with Crippen LogP contribution < -0.4 is 4.74 Å². The molecule has 2 aliphatic rings. The van der Waals surface area contributed by atoms with E-state index in [1.165, 1.54) is 0 Å². The summed E-state index contributed by atoms with van der Waals surface area (Å²) in [7, 11) is 0. The predicted octanol–water partition coefficient (Wildman–Crippen LogP) is 2.44. The second-order valence-corrected chi connectivity index (χ2v) is 6.52. The number of carbonyl (C=O) groups is 1. The highest BCUT2D eigenvalue weighted by molar-refractivity contribution is 5.93. The maximum atomic E-state index is 12.6. The zero-order valence-corrected chi connectivity index (χ0v) is 13.6. The number of pyridine rings is 1. The molecule has 0 unspecified atom stereocenters. The van der Waals surface area contributed by atoms with Gasteiger partial charge in [-0.25, -0.2) is 4.98 Å². The van der Waals surface area contributed by atoms with Gasteiger partial charge in [-0.2, -0.15) is 0 Å². The van der Waals surface area contributed by atoms with E-state index < -0.39 is 0 Å². The van der Waals surface area contributed by atoms with Gasteiger partial charge in [0.1, 0.15) is 6.10 Å². The average molecular weight is 328 g/mol. The molecule has 0 bridgehead atoms. The van der Waals surface area contributed by atoms with Gasteiger partial charge in [-0.3, -0.25) is 4.79 Å². The lowest BCUT2D eigenvalue weighted by Crippen LogP contribution is -2.36. The Labute approximate surface area is 140 Å². The largest absolute Gasteiger partial charge is 0.472 e. The number of rotatable bonds is 3. The van der Waals surface area contributed by atoms with Crippen LogP contribution in [0.25, 0.3) is 0 Å². The van der Waals surface area contributed by atoms with Gasteiger partial charge < -0.3 is 18.8 Å². The summed E-state index contributed by atoms with van der Waals surface area (Å²) < 4.78 is 17.3. The summed E-state index contributed by atoms with van der Waals surface area (Å²) in [6.45, 7) is 3.66. The Morgan fingerprint density at radius 3 is 3.08 bits per heavy atom. The molecule has 2 atom stereocenters. The Hall–Kier alpha value is -2.34. The number of hydrogen-bond donors (Lipinski definition) is 0. The summed E-state index contributed by atoms with van der Waals surface area (Å²) in [6.07, 6.45) is 4.82. The van der Waals surface area contributed by atoms with Gasteiger partial charge in [-0.15, -0.1) is 0 Å². The van der Waals surface area contributed by atoms with Gasteiger partial charge in [-0.05, 0) is 25.5 Å². The molecule has 6 heteroatoms. The van der Waals surface area contributed by atoms with Gasteiger partial charge in [0.2, 0.25) is 5.88 Å². The molecule has 4 rings (SSSR count). The van der Waals surface area contributed by atoms with Crippen molar-refractivity contribution in [3.8, 4) is 5.88 Å². The summed E-state index contributed by atoms with van der Waals surface area (Å²) in [4.78, 5) is 18.6. The highest BCUT2D eigenvalue weighted by Crippen LogP contribution is 2.37. The minimum atomic E-state index is -0.310. The van der Waals surface area contributed by atoms with Crippen molar-refractivity contribution < 1.29 is 18.7 Å². The second-order valence-electron chi connectivity index (χ2n) is 6.52. The van der Waals surface area contributed by atoms with E-state index in [9.17, 15) is 4.79 Å². The summed E-state index contributed by atoms with van der Waals surface area (Å²) >= 11 is 0. The number of carbonyl (C=O) groups excluding carboxylic acids is 1. The highest BCUT2D eigenvalue weighted by atomic mass is 16.6. The number of furan rings is 1. The Kier molecular flexibility index (Phi) is 3.76. The molecule has 2 fully saturated rings. The SMILES string of the molecule is Cc1ccoc1C(=O)N1CC[C@]2(C[C@H](Oc3ccccn3)CO2)C1. The molecular formula is C18H20N2O4. The van der Waals surface area contributed by atoms with E-state index in [4.69, 9.17) is 13.9 Å². The molecule has 1 amide bonds. The summed E-state index contributed by atoms with van der Waals surface area (Å²) in [6, 6.07) is 7.41. The van der Waals surface area contributed by atoms with Gasteiger partial charge in [0.05, 0.1) is 25.0 Å². The lowest BCUT2D eigenvalue weighted by atomic mass is 9.98. The molecule has 0 aromatic carbocycles. The van der Waals surface area contributed by atoms with Gasteiger partial charge in [0.25, 0.3) is 5.91 Å². The first-order valence-corrected chi connectivity index (χ1v) is 8.20. The Morgan fingerprint density at radius 1 is 1.42 bits per heavy atom. The number of amides is 1. The van der Waals surface area contributed by atoms with Crippen LogP contribution in [0.15, 0.2) is 41.1 Å². The zero-order valence-electron chi connectivity index (χ0n) is 13.6. The fourth-order valence-corrected chi connectivity index (χ4v) is 3.50. The molecule has 2 aliphatic heterocycles. The van der Waals surface area contributed by atoms with Crippen LogP contribution >= 0.6 is 0 Å². The third-order valence-corrected chi connectivity index (χ3v) is 4.76. The van der Waals surface area contributed by atoms with E-state index in [-0.39, 0.29) is 17.6 Å². The van der Waals surface area contributed by atoms with Crippen molar-refractivity contribution in [2.75, 3.05) is 19.7 Å². The first-order chi connectivity index (χ1) is 11.7. The third kappa shape index (κ3) is 2.78. The van der Waals surface area contributed by atoms with Crippen LogP contribution in [-0.4, -0.2) is 47.2 Å². The molecule has 0 aliphatic carbocycles. The Morgan fingerprint density at radius 2 is 2.33 bits per heavy atom. The van der Waals surface area contributed by atoms with Crippen LogP contribution in [0.4, 0.5) is 0 Å². The topological polar surface area (TPSA) is 64.8 Å². The molecule has 2 aromatic rings. The number of hydrogen-bond acceptors (Lipinski definition) is 5. The molecule has 2 aromatic heterocycles. The first kappa shape index (κ1) is 15.2. The van der Waals surface area contributed by atoms with Crippen molar-refractivity contribution in [3.63, 3.8) is 0 Å². The Bertz CT molecular complexity index is 730. The van der Waals surface area contributed by atoms with Crippen molar-refractivity contribution in [1.82, 2.24) is 9.88 Å². The van der Waals surface area contributed by atoms with Crippen LogP contribution in [0.1, 0.15) is 29.0 Å². The lowest BCUT2D eigenvalue weighted by molar-refractivity contribution is 0.00954. The van der Waals surface area contributed by atoms with E-state index in [0.29, 0.717) is 31.3 Å². The van der Waals surface area contributed by atoms with Crippen molar-refractivity contribution in [2.24, 2.45) is 0 Å². The molecule has 4 heterocycles. The molecule has 0 radical (unpaired) electrons. The zero-order chi connectivity index (χ0) is 16.6. The molecular weight excluding hydrogens is 308 g/mol. The quantitative estimate of drug-likeness (QED) is 0.866. The predicted molar refractivity (Wildman–Crippen MR) is 85.9 cm³/mol. The third-order valence-electron chi connectivity index (χ3n) is 4.76. The fraction of sp³-hybridized carbons (Fsp3) is 0.444. The smallest absolute Gasteiger partial charge is 0.289 e. The van der Waals surface area contributed by atoms with Crippen LogP contribution in [0.2, 0.25) is 0 Å². The molecule has 126 valence electrons. The van der Waals surface area contributed by atoms with Gasteiger partial charge in [-0.1, -0.05) is 6.07 Å². The number of aryl methyl sites for hydroxylation is 1. The normalized spacial score (nSPS) is 26.2. The van der Waals surface area contributed by atoms with Crippen molar-refractivity contribution in [3.05, 3.63) is 48.0 Å². The summed E-state index contributed by atoms with van der Waals surface area (Å²) in [5.41, 5.74) is 0.556. The van der Waals surface area contributed by atoms with Gasteiger partial charge in [0, 0.05) is 30.8 Å². The number of nitrogens with zero attached hydrogens (tertiary/aromatic N) is 2. The average Bonchev–Trinajstić information content (AvgIpc) is 3.30. The van der Waals surface area contributed by atoms with E-state index in [2.05, 4.69) is 4.98 Å². The number of aromatic nitrogens is 1. The monoisotopic (exact) mass is 328 g/mol. The van der Waals surface area contributed by atoms with E-state index >= 15 is 0 Å². The van der Waals surface area contributed by atoms with Crippen LogP contribution in [0.5, 0.6) is 5.88 Å². The van der Waals surface area contributed by atoms with E-state index in [0.717, 1.165) is 18.4 Å². The summed E-state index contributed by atoms with van der Waals surface area (Å²) in [5.74, 6) is 0.971. The minimum Gasteiger partial charge on any atom is -0.472 e. The maximum Gasteiger partial charge on any atom is 0.289 e. The number of likely N-dealkylation sites (tertiary alicyclic amines) is 1. The summed E-state index contributed by atoms with van der Waals surface area (Å²) in [5, 5.41) is 0. The standard InChI is InChI=1S/C18H20N2O4/c1-13-5-9-22-16(13)17(21)20-8-6-18(12-20)10-14(11-23-18)24-15-4-2-3-7-19-15/h2-5,7,9,14H,6,8,10-12H2,1H3/t14-,18-/m0/s1. The van der Waals surface area contributed by atoms with E-state index in [1.54, 1.807) is 12.5 Å². The molecule has 24 heavy (non-hydrogen) atoms. The molecule has 2 saturated heterocycles. The molecule has 1 spiro atoms. The van der Waals surface area contributed by atoms with Gasteiger partial charge >= 0.3 is 0 Å². The van der Waals surface area contributed by atoms with E-state index in [1.807, 2.05) is 36.1 Å². The first-order valence-electron chi connectivity index (χ1n) is 8.20. The van der Waals surface area contributed by atoms with Gasteiger partial charge in [0.15, 0.2) is 5.76 Å². The van der Waals surface area contributed by atoms with Crippen LogP contribution in [0.3, 0.4) is 0 Å². The van der Waals surface area contributed by atoms with Crippen molar-refractivity contribution in [1.29, 1.82) is 0 Å². The van der Waals surface area contributed by atoms with Crippen LogP contribution in [-0.2, 0) is 4.74 Å². The number of ether oxygens (including phenoxy) is 2. The molecule has 6 nitrogen and oxygen atoms in total. The fourth-order valence-electron chi connectivity index (χ4n) is 3.50. The van der Waals surface area contributed by atoms with Crippen molar-refractivity contribution >= 4 is 5.91 Å². The molecule has 0 N–H and O–H groups in total. The lowest BCUT2D eigenvalue weighted by Gasteiger charge is -2.23. The van der Waals surface area contributed by atoms with Crippen LogP contribution in [0, 0.1) is 6.92 Å². The second kappa shape index (κ2) is 5.94. The minimum absolute atomic E-state index is 0.0275. The highest BCUT2D eigenvalue weighted by Gasteiger charge is 2.48. The Balaban J connectivity index is 1.40. The van der Waals surface area contributed by atoms with Crippen molar-refractivity contribution in [2.45, 2.75) is 31.5 Å². The molecule has 0 saturated carbocycles.